The molecule has 0 bridgehead atoms. The van der Waals surface area contributed by atoms with Crippen molar-refractivity contribution >= 4 is 66.4 Å². The van der Waals surface area contributed by atoms with Gasteiger partial charge in [-0.15, -0.1) is 0 Å². The number of rotatable bonds is 10. The summed E-state index contributed by atoms with van der Waals surface area (Å²) in [7, 11) is 0. The lowest BCUT2D eigenvalue weighted by Crippen LogP contribution is -2.12. The second-order valence-corrected chi connectivity index (χ2v) is 19.0. The Hall–Kier alpha value is -8.72. The molecular weight excluding hydrogens is 845 g/mol. The van der Waals surface area contributed by atoms with E-state index in [0.717, 1.165) is 34.1 Å². The van der Waals surface area contributed by atoms with Crippen molar-refractivity contribution in [2.24, 2.45) is 0 Å². The van der Waals surface area contributed by atoms with E-state index < -0.39 is 0 Å². The molecule has 12 aromatic carbocycles. The number of benzene rings is 12. The molecule has 0 unspecified atom stereocenters. The molecule has 70 heavy (non-hydrogen) atoms. The van der Waals surface area contributed by atoms with Crippen molar-refractivity contribution in [3.8, 4) is 44.5 Å². The predicted octanol–water partition coefficient (Wildman–Crippen LogP) is 19.4. The molecule has 2 heteroatoms. The maximum absolute atomic E-state index is 2.49. The lowest BCUT2D eigenvalue weighted by Gasteiger charge is -2.31. The summed E-state index contributed by atoms with van der Waals surface area (Å²) in [4.78, 5) is 4.99. The largest absolute Gasteiger partial charge is 0.310 e. The smallest absolute Gasteiger partial charge is 0.0540 e. The van der Waals surface area contributed by atoms with Crippen molar-refractivity contribution in [3.63, 3.8) is 0 Å². The Kier molecular flexibility index (Phi) is 10.8. The zero-order valence-corrected chi connectivity index (χ0v) is 40.0. The van der Waals surface area contributed by atoms with Crippen LogP contribution in [0.3, 0.4) is 0 Å². The Bertz CT molecular complexity index is 3420. The minimum Gasteiger partial charge on any atom is -0.310 e. The maximum Gasteiger partial charge on any atom is 0.0540 e. The first-order valence-corrected chi connectivity index (χ1v) is 24.3. The molecule has 12 aromatic rings. The normalized spacial score (nSPS) is 11.4. The van der Waals surface area contributed by atoms with Crippen LogP contribution < -0.4 is 9.80 Å². The van der Waals surface area contributed by atoms with Gasteiger partial charge in [0.2, 0.25) is 0 Å². The summed E-state index contributed by atoms with van der Waals surface area (Å²) in [5.74, 6) is 0. The number of nitrogens with zero attached hydrogens (tertiary/aromatic N) is 2. The molecule has 12 rings (SSSR count). The standard InChI is InChI=1S/C68H52N2/c1-45-33-55(49-17-9-5-10-18-49)41-59(37-45)69(60-38-46(2)34-56(42-60)50-19-11-6-12-20-50)65-31-27-53-26-30-64-66(32-28-54-25-29-63(65)67(53)68(54)64)70(61-39-47(3)35-57(43-61)51-21-13-7-14-22-51)62-40-48(4)36-58(44-62)52-23-15-8-16-24-52/h5-44H,1-4H3. The highest BCUT2D eigenvalue weighted by Gasteiger charge is 2.24. The quantitative estimate of drug-likeness (QED) is 0.126. The van der Waals surface area contributed by atoms with E-state index in [0.29, 0.717) is 0 Å². The molecule has 0 heterocycles. The third-order valence-electron chi connectivity index (χ3n) is 13.8. The van der Waals surface area contributed by atoms with Crippen LogP contribution in [0.4, 0.5) is 34.1 Å². The first kappa shape index (κ1) is 42.6. The molecule has 0 fully saturated rings. The third kappa shape index (κ3) is 7.94. The first-order chi connectivity index (χ1) is 34.3. The molecule has 0 aliphatic rings. The number of hydrogen-bond acceptors (Lipinski definition) is 2. The fourth-order valence-corrected chi connectivity index (χ4v) is 10.8. The number of anilines is 6. The molecule has 0 amide bonds. The van der Waals surface area contributed by atoms with Gasteiger partial charge in [-0.2, -0.15) is 0 Å². The van der Waals surface area contributed by atoms with Gasteiger partial charge in [-0.25, -0.2) is 0 Å². The van der Waals surface area contributed by atoms with E-state index in [1.165, 1.54) is 99.1 Å². The van der Waals surface area contributed by atoms with E-state index >= 15 is 0 Å². The number of hydrogen-bond donors (Lipinski definition) is 0. The summed E-state index contributed by atoms with van der Waals surface area (Å²) in [5.41, 5.74) is 21.1. The van der Waals surface area contributed by atoms with Gasteiger partial charge in [0, 0.05) is 33.5 Å². The minimum atomic E-state index is 1.12. The van der Waals surface area contributed by atoms with Gasteiger partial charge in [0.15, 0.2) is 0 Å². The molecule has 0 spiro atoms. The average molecular weight is 897 g/mol. The highest BCUT2D eigenvalue weighted by Crippen LogP contribution is 2.49. The van der Waals surface area contributed by atoms with Crippen LogP contribution in [0.2, 0.25) is 0 Å². The van der Waals surface area contributed by atoms with Crippen LogP contribution >= 0.6 is 0 Å². The monoisotopic (exact) mass is 896 g/mol. The first-order valence-electron chi connectivity index (χ1n) is 24.3. The second-order valence-electron chi connectivity index (χ2n) is 19.0. The fraction of sp³-hybridized carbons (Fsp3) is 0.0588. The Morgan fingerprint density at radius 3 is 0.757 bits per heavy atom. The Balaban J connectivity index is 1.11. The summed E-state index contributed by atoms with van der Waals surface area (Å²) < 4.78 is 0. The van der Waals surface area contributed by atoms with Crippen molar-refractivity contribution in [1.29, 1.82) is 0 Å². The van der Waals surface area contributed by atoms with E-state index in [1.807, 2.05) is 0 Å². The average Bonchev–Trinajstić information content (AvgIpc) is 3.39. The van der Waals surface area contributed by atoms with Crippen LogP contribution in [0, 0.1) is 27.7 Å². The van der Waals surface area contributed by atoms with Crippen molar-refractivity contribution in [1.82, 2.24) is 0 Å². The molecule has 0 radical (unpaired) electrons. The lowest BCUT2D eigenvalue weighted by molar-refractivity contribution is 1.27. The van der Waals surface area contributed by atoms with Crippen molar-refractivity contribution in [3.05, 3.63) is 265 Å². The highest BCUT2D eigenvalue weighted by molar-refractivity contribution is 6.28. The highest BCUT2D eigenvalue weighted by atomic mass is 15.2. The lowest BCUT2D eigenvalue weighted by atomic mass is 9.91. The molecule has 0 aromatic heterocycles. The van der Waals surface area contributed by atoms with Crippen molar-refractivity contribution in [2.75, 3.05) is 9.80 Å². The van der Waals surface area contributed by atoms with Crippen LogP contribution in [0.1, 0.15) is 22.3 Å². The van der Waals surface area contributed by atoms with Crippen LogP contribution in [0.15, 0.2) is 243 Å². The fourth-order valence-electron chi connectivity index (χ4n) is 10.8. The zero-order valence-electron chi connectivity index (χ0n) is 40.0. The van der Waals surface area contributed by atoms with Crippen LogP contribution in [-0.2, 0) is 0 Å². The Morgan fingerprint density at radius 2 is 0.486 bits per heavy atom. The van der Waals surface area contributed by atoms with Crippen LogP contribution in [0.25, 0.3) is 76.8 Å². The van der Waals surface area contributed by atoms with E-state index in [9.17, 15) is 0 Å². The maximum atomic E-state index is 2.49. The number of aryl methyl sites for hydroxylation is 4. The van der Waals surface area contributed by atoms with Gasteiger partial charge in [0.1, 0.15) is 0 Å². The van der Waals surface area contributed by atoms with Gasteiger partial charge in [-0.05, 0) is 177 Å². The van der Waals surface area contributed by atoms with Crippen LogP contribution in [0.5, 0.6) is 0 Å². The SMILES string of the molecule is Cc1cc(-c2ccccc2)cc(N(c2cc(C)cc(-c3ccccc3)c2)c2ccc3ccc4c(N(c5cc(C)cc(-c6ccccc6)c5)c5cc(C)cc(-c6ccccc6)c5)ccc5ccc2c3c54)c1. The molecule has 0 aliphatic carbocycles. The van der Waals surface area contributed by atoms with E-state index in [1.54, 1.807) is 0 Å². The Morgan fingerprint density at radius 1 is 0.229 bits per heavy atom. The zero-order chi connectivity index (χ0) is 47.3. The predicted molar refractivity (Wildman–Crippen MR) is 300 cm³/mol. The molecule has 334 valence electrons. The van der Waals surface area contributed by atoms with Crippen molar-refractivity contribution < 1.29 is 0 Å². The van der Waals surface area contributed by atoms with E-state index in [-0.39, 0.29) is 0 Å². The van der Waals surface area contributed by atoms with E-state index in [2.05, 4.69) is 280 Å². The molecule has 0 aliphatic heterocycles. The second kappa shape index (κ2) is 17.7. The van der Waals surface area contributed by atoms with Gasteiger partial charge in [-0.3, -0.25) is 0 Å². The van der Waals surface area contributed by atoms with Gasteiger partial charge >= 0.3 is 0 Å². The van der Waals surface area contributed by atoms with Crippen LogP contribution in [-0.4, -0.2) is 0 Å². The van der Waals surface area contributed by atoms with Gasteiger partial charge < -0.3 is 9.80 Å². The summed E-state index contributed by atoms with van der Waals surface area (Å²) in [6.07, 6.45) is 0. The summed E-state index contributed by atoms with van der Waals surface area (Å²) in [6.45, 7) is 8.85. The van der Waals surface area contributed by atoms with Gasteiger partial charge in [-0.1, -0.05) is 182 Å². The third-order valence-corrected chi connectivity index (χ3v) is 13.8. The summed E-state index contributed by atoms with van der Waals surface area (Å²) in [5, 5.41) is 7.35. The Labute approximate surface area is 411 Å². The van der Waals surface area contributed by atoms with Crippen molar-refractivity contribution in [2.45, 2.75) is 27.7 Å². The molecule has 0 saturated heterocycles. The minimum absolute atomic E-state index is 1.12. The topological polar surface area (TPSA) is 6.48 Å². The summed E-state index contributed by atoms with van der Waals surface area (Å²) >= 11 is 0. The molecule has 0 N–H and O–H groups in total. The molecule has 0 atom stereocenters. The molecule has 0 saturated carbocycles. The summed E-state index contributed by atoms with van der Waals surface area (Å²) in [6, 6.07) is 89.7. The van der Waals surface area contributed by atoms with E-state index in [4.69, 9.17) is 0 Å². The molecular formula is C68H52N2. The van der Waals surface area contributed by atoms with Gasteiger partial charge in [0.25, 0.3) is 0 Å². The molecule has 2 nitrogen and oxygen atoms in total. The van der Waals surface area contributed by atoms with Gasteiger partial charge in [0.05, 0.1) is 11.4 Å².